The number of hydrogen-bond acceptors (Lipinski definition) is 21. The monoisotopic (exact) mass is 909 g/mol. The highest BCUT2D eigenvalue weighted by atomic mass is 31.1. The molecule has 0 saturated carbocycles. The smallest absolute Gasteiger partial charge is 0.479 e. The van der Waals surface area contributed by atoms with Crippen molar-refractivity contribution in [2.75, 3.05) is 32.6 Å². The van der Waals surface area contributed by atoms with Gasteiger partial charge in [-0.1, -0.05) is 48.5 Å². The van der Waals surface area contributed by atoms with Crippen molar-refractivity contribution in [2.45, 2.75) is 84.7 Å². The SMILES string of the molecule is COC(=O)N(NCC(=O)NC1[C@H]([C@@H](O)[C@H](O)[C@@H](O)CO)O[C@](O)(CO[P+](=O)C(O)[C@H]2O[C@@H](n3ccc(N)nc3=O)[C@H](O)[C@@H]2O)C[C@]1(O)C(=O)O)C1c2ccccc2-c2ccccc21. The van der Waals surface area contributed by atoms with E-state index in [-0.39, 0.29) is 5.82 Å². The normalized spacial score (nSPS) is 28.8. The number of nitrogen functional groups attached to an aromatic ring is 1. The van der Waals surface area contributed by atoms with Crippen LogP contribution in [-0.4, -0.2) is 176 Å². The molecule has 2 aromatic carbocycles. The average molecular weight is 910 g/mol. The van der Waals surface area contributed by atoms with Crippen molar-refractivity contribution < 1.29 is 88.7 Å². The molecule has 3 heterocycles. The first-order valence-electron chi connectivity index (χ1n) is 19.0. The summed E-state index contributed by atoms with van der Waals surface area (Å²) in [7, 11) is -2.44. The summed E-state index contributed by atoms with van der Waals surface area (Å²) in [6, 6.07) is 12.2. The van der Waals surface area contributed by atoms with Gasteiger partial charge in [-0.3, -0.25) is 9.36 Å². The Bertz CT molecular complexity index is 2210. The fourth-order valence-corrected chi connectivity index (χ4v) is 8.72. The molecule has 2 amide bonds. The Labute approximate surface area is 356 Å². The Morgan fingerprint density at radius 2 is 1.63 bits per heavy atom. The van der Waals surface area contributed by atoms with Crippen molar-refractivity contribution >= 4 is 31.8 Å². The molecule has 0 radical (unpaired) electrons. The molecule has 1 aliphatic carbocycles. The standard InChI is InChI=1S/C37H45N6O19P/c1-59-35(55)43(23-18-8-4-2-6-16(18)17-7-3-5-9-19(17)23)39-12-22(46)41-30-28(25(48)24(47)20(45)13-44)62-36(56,14-37(30,57)33(52)53)15-60-63(58)32(51)29-26(49)27(50)31(61-29)42-11-10-21(38)40-34(42)54/h2-11,20,23-32,39,44-45,47-51,56-57H,12-15H2,1H3,(H3-,38,40,41,46,52,53,54)/p+1/t20-,24+,25-,26-,27+,28-,29-,30?,31+,32?,36-,37+/m0/s1. The summed E-state index contributed by atoms with van der Waals surface area (Å²) >= 11 is 0. The molecule has 63 heavy (non-hydrogen) atoms. The summed E-state index contributed by atoms with van der Waals surface area (Å²) in [6.45, 7) is -3.44. The van der Waals surface area contributed by atoms with Crippen LogP contribution in [-0.2, 0) is 32.9 Å². The van der Waals surface area contributed by atoms with Gasteiger partial charge in [-0.2, -0.15) is 4.98 Å². The minimum Gasteiger partial charge on any atom is -0.479 e. The summed E-state index contributed by atoms with van der Waals surface area (Å²) < 4.78 is 35.0. The van der Waals surface area contributed by atoms with Crippen LogP contribution in [0, 0.1) is 0 Å². The summed E-state index contributed by atoms with van der Waals surface area (Å²) in [6.07, 6.45) is -18.3. The average Bonchev–Trinajstić information content (AvgIpc) is 3.75. The zero-order chi connectivity index (χ0) is 46.1. The molecular weight excluding hydrogens is 863 g/mol. The fraction of sp³-hybridized carbons (Fsp3) is 0.486. The molecular formula is C37H46N6O19P+. The maximum absolute atomic E-state index is 13.7. The van der Waals surface area contributed by atoms with Gasteiger partial charge in [-0.05, 0) is 32.9 Å². The molecule has 342 valence electrons. The van der Waals surface area contributed by atoms with Gasteiger partial charge in [-0.15, -0.1) is 4.52 Å². The van der Waals surface area contributed by atoms with Gasteiger partial charge in [0.05, 0.1) is 26.3 Å². The molecule has 2 saturated heterocycles. The highest BCUT2D eigenvalue weighted by molar-refractivity contribution is 7.39. The summed E-state index contributed by atoms with van der Waals surface area (Å²) in [5, 5.41) is 110. The number of nitrogens with one attached hydrogen (secondary N) is 2. The van der Waals surface area contributed by atoms with Crippen molar-refractivity contribution in [3.63, 3.8) is 0 Å². The van der Waals surface area contributed by atoms with Gasteiger partial charge in [0.2, 0.25) is 5.91 Å². The Morgan fingerprint density at radius 3 is 2.21 bits per heavy atom. The number of aliphatic carboxylic acids is 1. The number of carboxylic acids is 1. The first-order chi connectivity index (χ1) is 29.8. The van der Waals surface area contributed by atoms with Crippen LogP contribution in [0.4, 0.5) is 10.6 Å². The van der Waals surface area contributed by atoms with Crippen LogP contribution in [0.5, 0.6) is 0 Å². The van der Waals surface area contributed by atoms with E-state index in [2.05, 4.69) is 15.7 Å². The second-order valence-electron chi connectivity index (χ2n) is 15.0. The Morgan fingerprint density at radius 1 is 1.02 bits per heavy atom. The number of anilines is 1. The van der Waals surface area contributed by atoms with E-state index in [1.807, 2.05) is 12.1 Å². The zero-order valence-corrected chi connectivity index (χ0v) is 33.9. The minimum absolute atomic E-state index is 0.186. The quantitative estimate of drug-likeness (QED) is 0.0478. The summed E-state index contributed by atoms with van der Waals surface area (Å²) in [5.74, 6) is -8.98. The van der Waals surface area contributed by atoms with Gasteiger partial charge in [0.1, 0.15) is 48.5 Å². The topological polar surface area (TPSA) is 396 Å². The minimum atomic E-state index is -3.52. The Hall–Kier alpha value is -5.09. The van der Waals surface area contributed by atoms with Gasteiger partial charge < -0.3 is 76.3 Å². The maximum atomic E-state index is 13.7. The number of fused-ring (bicyclic) bond motifs is 3. The number of carboxylic acid groups (broad SMARTS) is 1. The molecule has 13 atom stereocenters. The molecule has 0 spiro atoms. The third kappa shape index (κ3) is 9.29. The number of aromatic nitrogens is 2. The first kappa shape index (κ1) is 47.4. The second kappa shape index (κ2) is 18.9. The molecule has 25 nitrogen and oxygen atoms in total. The molecule has 3 aliphatic rings. The lowest BCUT2D eigenvalue weighted by molar-refractivity contribution is -0.326. The van der Waals surface area contributed by atoms with E-state index < -0.39 is 136 Å². The number of nitrogens with two attached hydrogens (primary N) is 1. The van der Waals surface area contributed by atoms with Crippen LogP contribution in [0.3, 0.4) is 0 Å². The molecule has 6 rings (SSSR count). The molecule has 2 aliphatic heterocycles. The number of carbonyl (C=O) groups is 3. The van der Waals surface area contributed by atoms with Gasteiger partial charge in [0.15, 0.2) is 30.3 Å². The highest BCUT2D eigenvalue weighted by Gasteiger charge is 2.63. The molecule has 2 fully saturated rings. The van der Waals surface area contributed by atoms with Crippen molar-refractivity contribution in [3.8, 4) is 11.1 Å². The predicted octanol–water partition coefficient (Wildman–Crippen LogP) is -4.28. The van der Waals surface area contributed by atoms with Crippen molar-refractivity contribution in [2.24, 2.45) is 0 Å². The number of amides is 2. The molecule has 26 heteroatoms. The molecule has 1 aromatic heterocycles. The van der Waals surface area contributed by atoms with Gasteiger partial charge >= 0.3 is 31.6 Å². The highest BCUT2D eigenvalue weighted by Crippen LogP contribution is 2.46. The van der Waals surface area contributed by atoms with Crippen LogP contribution >= 0.6 is 8.03 Å². The van der Waals surface area contributed by atoms with E-state index in [0.29, 0.717) is 11.1 Å². The van der Waals surface area contributed by atoms with Gasteiger partial charge in [0, 0.05) is 12.6 Å². The Kier molecular flexibility index (Phi) is 14.2. The lowest BCUT2D eigenvalue weighted by Gasteiger charge is -2.50. The molecule has 3 unspecified atom stereocenters. The van der Waals surface area contributed by atoms with Crippen LogP contribution in [0.2, 0.25) is 0 Å². The third-order valence-electron chi connectivity index (χ3n) is 10.9. The number of rotatable bonds is 16. The number of hydrogen-bond donors (Lipinski definition) is 13. The van der Waals surface area contributed by atoms with Crippen molar-refractivity contribution in [1.29, 1.82) is 0 Å². The maximum Gasteiger partial charge on any atom is 0.543 e. The third-order valence-corrected chi connectivity index (χ3v) is 12.0. The van der Waals surface area contributed by atoms with E-state index in [1.54, 1.807) is 36.4 Å². The lowest BCUT2D eigenvalue weighted by atomic mass is 9.78. The number of aliphatic hydroxyl groups excluding tert-OH is 7. The summed E-state index contributed by atoms with van der Waals surface area (Å²) in [4.78, 5) is 55.5. The second-order valence-corrected chi connectivity index (χ2v) is 16.3. The van der Waals surface area contributed by atoms with Crippen molar-refractivity contribution in [1.82, 2.24) is 25.3 Å². The van der Waals surface area contributed by atoms with Crippen LogP contribution in [0.15, 0.2) is 65.6 Å². The number of benzene rings is 2. The van der Waals surface area contributed by atoms with E-state index in [0.717, 1.165) is 40.1 Å². The van der Waals surface area contributed by atoms with E-state index >= 15 is 0 Å². The van der Waals surface area contributed by atoms with Gasteiger partial charge in [-0.25, -0.2) is 24.8 Å². The molecule has 3 aromatic rings. The zero-order valence-electron chi connectivity index (χ0n) is 33.0. The van der Waals surface area contributed by atoms with Gasteiger partial charge in [0.25, 0.3) is 0 Å². The number of aliphatic hydroxyl groups is 9. The van der Waals surface area contributed by atoms with Crippen LogP contribution in [0.25, 0.3) is 11.1 Å². The Balaban J connectivity index is 1.21. The largest absolute Gasteiger partial charge is 0.543 e. The number of carbonyl (C=O) groups excluding carboxylic acids is 2. The first-order valence-corrected chi connectivity index (χ1v) is 20.2. The number of hydrazine groups is 1. The molecule has 0 bridgehead atoms. The van der Waals surface area contributed by atoms with Crippen LogP contribution in [0.1, 0.15) is 29.8 Å². The van der Waals surface area contributed by atoms with E-state index in [9.17, 15) is 74.8 Å². The number of ether oxygens (including phenoxy) is 3. The van der Waals surface area contributed by atoms with E-state index in [4.69, 9.17) is 24.5 Å². The van der Waals surface area contributed by atoms with Crippen LogP contribution < -0.4 is 22.2 Å². The van der Waals surface area contributed by atoms with Crippen molar-refractivity contribution in [3.05, 3.63) is 82.4 Å². The summed E-state index contributed by atoms with van der Waals surface area (Å²) in [5.41, 5.74) is 6.57. The fourth-order valence-electron chi connectivity index (χ4n) is 7.75. The predicted molar refractivity (Wildman–Crippen MR) is 208 cm³/mol. The van der Waals surface area contributed by atoms with E-state index in [1.165, 1.54) is 0 Å². The number of nitrogens with zero attached hydrogens (tertiary/aromatic N) is 3. The number of methoxy groups -OCH3 is 1. The lowest BCUT2D eigenvalue weighted by Crippen LogP contribution is -2.74. The molecule has 14 N–H and O–H groups in total.